The van der Waals surface area contributed by atoms with Gasteiger partial charge in [0.25, 0.3) is 11.5 Å². The summed E-state index contributed by atoms with van der Waals surface area (Å²) in [5.74, 6) is -1.16. The second-order valence-electron chi connectivity index (χ2n) is 7.95. The molecule has 0 aliphatic rings. The first-order chi connectivity index (χ1) is 14.7. The number of carbonyl (C=O) groups excluding carboxylic acids is 1. The Morgan fingerprint density at radius 3 is 2.48 bits per heavy atom. The lowest BCUT2D eigenvalue weighted by molar-refractivity contribution is 0.0894. The van der Waals surface area contributed by atoms with E-state index in [0.717, 1.165) is 21.4 Å². The Labute approximate surface area is 180 Å². The molecule has 0 saturated carbocycles. The van der Waals surface area contributed by atoms with Gasteiger partial charge < -0.3 is 10.4 Å². The lowest BCUT2D eigenvalue weighted by atomic mass is 10.0. The van der Waals surface area contributed by atoms with Crippen molar-refractivity contribution in [2.24, 2.45) is 5.92 Å². The molecule has 2 aromatic carbocycles. The average molecular weight is 423 g/mol. The van der Waals surface area contributed by atoms with Crippen LogP contribution in [-0.2, 0) is 0 Å². The summed E-state index contributed by atoms with van der Waals surface area (Å²) in [5, 5.41) is 16.7. The molecule has 162 valence electrons. The number of halogens is 1. The van der Waals surface area contributed by atoms with Gasteiger partial charge in [0.2, 0.25) is 0 Å². The molecule has 0 radical (unpaired) electrons. The maximum absolute atomic E-state index is 13.8. The Morgan fingerprint density at radius 2 is 1.87 bits per heavy atom. The summed E-state index contributed by atoms with van der Waals surface area (Å²) in [7, 11) is 0. The summed E-state index contributed by atoms with van der Waals surface area (Å²) in [5.41, 5.74) is 2.68. The predicted octanol–water partition coefficient (Wildman–Crippen LogP) is 3.40. The molecule has 1 heterocycles. The van der Waals surface area contributed by atoms with Crippen molar-refractivity contribution >= 4 is 5.91 Å². The van der Waals surface area contributed by atoms with Crippen molar-refractivity contribution in [3.8, 4) is 16.9 Å². The van der Waals surface area contributed by atoms with E-state index in [1.54, 1.807) is 6.07 Å². The van der Waals surface area contributed by atoms with E-state index in [-0.39, 0.29) is 23.8 Å². The van der Waals surface area contributed by atoms with Crippen molar-refractivity contribution in [3.63, 3.8) is 0 Å². The Kier molecular flexibility index (Phi) is 6.65. The van der Waals surface area contributed by atoms with Crippen molar-refractivity contribution < 1.29 is 14.3 Å². The molecule has 1 amide bonds. The van der Waals surface area contributed by atoms with E-state index in [1.165, 1.54) is 24.3 Å². The molecule has 0 unspecified atom stereocenters. The van der Waals surface area contributed by atoms with E-state index in [1.807, 2.05) is 45.9 Å². The van der Waals surface area contributed by atoms with Crippen molar-refractivity contribution in [1.29, 1.82) is 0 Å². The number of nitrogens with one attached hydrogen (secondary N) is 1. The van der Waals surface area contributed by atoms with Crippen molar-refractivity contribution in [3.05, 3.63) is 81.4 Å². The molecule has 0 bridgehead atoms. The van der Waals surface area contributed by atoms with Gasteiger partial charge in [-0.3, -0.25) is 9.59 Å². The average Bonchev–Trinajstić information content (AvgIpc) is 2.73. The number of aliphatic hydroxyl groups is 1. The minimum Gasteiger partial charge on any atom is -0.394 e. The van der Waals surface area contributed by atoms with Gasteiger partial charge in [0, 0.05) is 5.56 Å². The lowest BCUT2D eigenvalue weighted by Crippen LogP contribution is -2.43. The Hall–Kier alpha value is -3.32. The number of amides is 1. The third kappa shape index (κ3) is 4.88. The van der Waals surface area contributed by atoms with Crippen LogP contribution in [0.5, 0.6) is 0 Å². The smallest absolute Gasteiger partial charge is 0.284 e. The second-order valence-corrected chi connectivity index (χ2v) is 7.95. The standard InChI is InChI=1S/C24H26FN3O3/c1-14(2)22(13-29)26-23(30)20-12-21(17-9-8-15(3)16(4)10-17)27-28(24(20)31)19-7-5-6-18(25)11-19/h5-12,14,22,29H,13H2,1-4H3,(H,26,30)/t22-/m1/s1. The van der Waals surface area contributed by atoms with Gasteiger partial charge in [-0.25, -0.2) is 4.39 Å². The van der Waals surface area contributed by atoms with E-state index in [4.69, 9.17) is 0 Å². The molecule has 0 aliphatic carbocycles. The Bertz CT molecular complexity index is 1170. The summed E-state index contributed by atoms with van der Waals surface area (Å²) in [4.78, 5) is 26.1. The Morgan fingerprint density at radius 1 is 1.13 bits per heavy atom. The number of carbonyl (C=O) groups is 1. The van der Waals surface area contributed by atoms with Gasteiger partial charge in [0.15, 0.2) is 0 Å². The zero-order valence-corrected chi connectivity index (χ0v) is 18.0. The van der Waals surface area contributed by atoms with Crippen LogP contribution >= 0.6 is 0 Å². The molecule has 0 saturated heterocycles. The SMILES string of the molecule is Cc1ccc(-c2cc(C(=O)N[C@H](CO)C(C)C)c(=O)n(-c3cccc(F)c3)n2)cc1C. The van der Waals surface area contributed by atoms with E-state index >= 15 is 0 Å². The number of aliphatic hydroxyl groups excluding tert-OH is 1. The zero-order chi connectivity index (χ0) is 22.7. The number of benzene rings is 2. The molecule has 1 atom stereocenters. The monoisotopic (exact) mass is 423 g/mol. The minimum absolute atomic E-state index is 0.0274. The van der Waals surface area contributed by atoms with E-state index in [0.29, 0.717) is 5.69 Å². The number of hydrogen-bond donors (Lipinski definition) is 2. The molecule has 31 heavy (non-hydrogen) atoms. The molecular weight excluding hydrogens is 397 g/mol. The molecular formula is C24H26FN3O3. The van der Waals surface area contributed by atoms with Crippen LogP contribution in [-0.4, -0.2) is 33.4 Å². The summed E-state index contributed by atoms with van der Waals surface area (Å²) >= 11 is 0. The van der Waals surface area contributed by atoms with Crippen LogP contribution in [0.2, 0.25) is 0 Å². The van der Waals surface area contributed by atoms with Crippen LogP contribution in [0.15, 0.2) is 53.3 Å². The number of hydrogen-bond acceptors (Lipinski definition) is 4. The second kappa shape index (κ2) is 9.22. The van der Waals surface area contributed by atoms with Gasteiger partial charge in [0.05, 0.1) is 24.0 Å². The number of aromatic nitrogens is 2. The maximum Gasteiger partial charge on any atom is 0.284 e. The highest BCUT2D eigenvalue weighted by Gasteiger charge is 2.22. The van der Waals surface area contributed by atoms with Crippen LogP contribution in [0.3, 0.4) is 0 Å². The van der Waals surface area contributed by atoms with Crippen LogP contribution in [0.1, 0.15) is 35.3 Å². The van der Waals surface area contributed by atoms with Crippen molar-refractivity contribution in [2.45, 2.75) is 33.7 Å². The first-order valence-corrected chi connectivity index (χ1v) is 10.1. The van der Waals surface area contributed by atoms with Gasteiger partial charge in [-0.1, -0.05) is 32.0 Å². The van der Waals surface area contributed by atoms with Gasteiger partial charge in [0.1, 0.15) is 11.4 Å². The lowest BCUT2D eigenvalue weighted by Gasteiger charge is -2.20. The molecule has 3 rings (SSSR count). The molecule has 3 aromatic rings. The largest absolute Gasteiger partial charge is 0.394 e. The predicted molar refractivity (Wildman–Crippen MR) is 118 cm³/mol. The molecule has 0 aliphatic heterocycles. The fourth-order valence-electron chi connectivity index (χ4n) is 3.15. The Balaban J connectivity index is 2.19. The highest BCUT2D eigenvalue weighted by molar-refractivity contribution is 5.95. The highest BCUT2D eigenvalue weighted by atomic mass is 19.1. The molecule has 0 fully saturated rings. The van der Waals surface area contributed by atoms with E-state index in [2.05, 4.69) is 10.4 Å². The van der Waals surface area contributed by atoms with Gasteiger partial charge in [-0.15, -0.1) is 0 Å². The van der Waals surface area contributed by atoms with Crippen LogP contribution < -0.4 is 10.9 Å². The first kappa shape index (κ1) is 22.4. The first-order valence-electron chi connectivity index (χ1n) is 10.1. The highest BCUT2D eigenvalue weighted by Crippen LogP contribution is 2.21. The number of rotatable bonds is 6. The summed E-state index contributed by atoms with van der Waals surface area (Å²) in [6.45, 7) is 7.42. The van der Waals surface area contributed by atoms with Crippen molar-refractivity contribution in [1.82, 2.24) is 15.1 Å². The minimum atomic E-state index is -0.670. The van der Waals surface area contributed by atoms with Crippen LogP contribution in [0.25, 0.3) is 16.9 Å². The normalized spacial score (nSPS) is 12.1. The van der Waals surface area contributed by atoms with Gasteiger partial charge >= 0.3 is 0 Å². The molecule has 0 spiro atoms. The van der Waals surface area contributed by atoms with Crippen molar-refractivity contribution in [2.75, 3.05) is 6.61 Å². The zero-order valence-electron chi connectivity index (χ0n) is 18.0. The van der Waals surface area contributed by atoms with Gasteiger partial charge in [-0.05, 0) is 61.2 Å². The summed E-state index contributed by atoms with van der Waals surface area (Å²) in [6, 6.07) is 12.1. The number of nitrogens with zero attached hydrogens (tertiary/aromatic N) is 2. The quantitative estimate of drug-likeness (QED) is 0.637. The van der Waals surface area contributed by atoms with E-state index in [9.17, 15) is 19.1 Å². The van der Waals surface area contributed by atoms with E-state index < -0.39 is 23.3 Å². The maximum atomic E-state index is 13.8. The molecule has 1 aromatic heterocycles. The summed E-state index contributed by atoms with van der Waals surface area (Å²) < 4.78 is 14.9. The fraction of sp³-hybridized carbons (Fsp3) is 0.292. The third-order valence-corrected chi connectivity index (χ3v) is 5.33. The van der Waals surface area contributed by atoms with Crippen LogP contribution in [0, 0.1) is 25.6 Å². The fourth-order valence-corrected chi connectivity index (χ4v) is 3.15. The topological polar surface area (TPSA) is 84.2 Å². The van der Waals surface area contributed by atoms with Crippen LogP contribution in [0.4, 0.5) is 4.39 Å². The third-order valence-electron chi connectivity index (χ3n) is 5.33. The van der Waals surface area contributed by atoms with Gasteiger partial charge in [-0.2, -0.15) is 9.78 Å². The molecule has 2 N–H and O–H groups in total. The summed E-state index contributed by atoms with van der Waals surface area (Å²) in [6.07, 6.45) is 0. The number of aryl methyl sites for hydroxylation is 2. The molecule has 7 heteroatoms. The molecule has 6 nitrogen and oxygen atoms in total.